The van der Waals surface area contributed by atoms with Gasteiger partial charge in [-0.3, -0.25) is 0 Å². The fourth-order valence-corrected chi connectivity index (χ4v) is 0.416. The van der Waals surface area contributed by atoms with Crippen molar-refractivity contribution in [3.05, 3.63) is 0 Å². The van der Waals surface area contributed by atoms with E-state index in [1.165, 1.54) is 0 Å². The van der Waals surface area contributed by atoms with Crippen LogP contribution in [0.2, 0.25) is 0 Å². The highest BCUT2D eigenvalue weighted by atomic mass is 35.5. The summed E-state index contributed by atoms with van der Waals surface area (Å²) in [5.41, 5.74) is -0.830. The quantitative estimate of drug-likeness (QED) is 0.364. The first-order valence-electron chi connectivity index (χ1n) is 3.03. The smallest absolute Gasteiger partial charge is 0.405 e. The number of halogens is 1. The maximum absolute atomic E-state index is 9.95. The van der Waals surface area contributed by atoms with Crippen molar-refractivity contribution in [3.8, 4) is 0 Å². The Morgan fingerprint density at radius 2 is 2.20 bits per heavy atom. The third-order valence-corrected chi connectivity index (χ3v) is 0.816. The zero-order valence-corrected chi connectivity index (χ0v) is 6.85. The van der Waals surface area contributed by atoms with Gasteiger partial charge < -0.3 is 9.47 Å². The molecule has 0 saturated heterocycles. The van der Waals surface area contributed by atoms with Crippen LogP contribution in [0.15, 0.2) is 0 Å². The van der Waals surface area contributed by atoms with Crippen LogP contribution in [-0.2, 0) is 9.47 Å². The molecule has 4 heteroatoms. The molecule has 0 spiro atoms. The van der Waals surface area contributed by atoms with Gasteiger partial charge in [0.15, 0.2) is 6.79 Å². The second kappa shape index (κ2) is 5.50. The van der Waals surface area contributed by atoms with Crippen LogP contribution in [0.25, 0.3) is 0 Å². The van der Waals surface area contributed by atoms with Crippen LogP contribution in [-0.4, -0.2) is 18.8 Å². The summed E-state index contributed by atoms with van der Waals surface area (Å²) in [6.07, 6.45) is 0. The van der Waals surface area contributed by atoms with Crippen molar-refractivity contribution >= 4 is 17.0 Å². The largest absolute Gasteiger partial charge is 0.426 e. The maximum Gasteiger partial charge on any atom is 0.405 e. The standard InChI is InChI=1S/C6H11ClO3/c1-5(2)3-9-4-10-6(7)8/h5H,3-4H2,1-2H3. The first-order valence-corrected chi connectivity index (χ1v) is 3.40. The van der Waals surface area contributed by atoms with Crippen molar-refractivity contribution in [3.63, 3.8) is 0 Å². The molecule has 0 fully saturated rings. The SMILES string of the molecule is CC(C)COCOC(=O)Cl. The minimum absolute atomic E-state index is 0.0550. The van der Waals surface area contributed by atoms with Gasteiger partial charge in [0.1, 0.15) is 0 Å². The van der Waals surface area contributed by atoms with E-state index in [-0.39, 0.29) is 6.79 Å². The van der Waals surface area contributed by atoms with Gasteiger partial charge in [-0.1, -0.05) is 13.8 Å². The van der Waals surface area contributed by atoms with Gasteiger partial charge in [-0.15, -0.1) is 0 Å². The normalized spacial score (nSPS) is 10.0. The van der Waals surface area contributed by atoms with E-state index in [2.05, 4.69) is 4.74 Å². The molecule has 0 unspecified atom stereocenters. The predicted molar refractivity (Wildman–Crippen MR) is 38.0 cm³/mol. The summed E-state index contributed by atoms with van der Waals surface area (Å²) in [6.45, 7) is 4.52. The molecule has 0 aromatic heterocycles. The van der Waals surface area contributed by atoms with E-state index in [1.807, 2.05) is 13.8 Å². The lowest BCUT2D eigenvalue weighted by Crippen LogP contribution is -2.06. The number of hydrogen-bond acceptors (Lipinski definition) is 3. The lowest BCUT2D eigenvalue weighted by Gasteiger charge is -2.04. The summed E-state index contributed by atoms with van der Waals surface area (Å²) in [5.74, 6) is 0.439. The molecule has 0 aromatic rings. The molecule has 10 heavy (non-hydrogen) atoms. The number of carbonyl (C=O) groups is 1. The molecule has 0 radical (unpaired) electrons. The third-order valence-electron chi connectivity index (χ3n) is 0.707. The van der Waals surface area contributed by atoms with E-state index in [9.17, 15) is 4.79 Å². The maximum atomic E-state index is 9.95. The monoisotopic (exact) mass is 166 g/mol. The van der Waals surface area contributed by atoms with Crippen molar-refractivity contribution in [2.75, 3.05) is 13.4 Å². The number of ether oxygens (including phenoxy) is 2. The molecule has 0 N–H and O–H groups in total. The lowest BCUT2D eigenvalue weighted by molar-refractivity contribution is -0.0164. The summed E-state index contributed by atoms with van der Waals surface area (Å²) in [6, 6.07) is 0. The van der Waals surface area contributed by atoms with E-state index in [1.54, 1.807) is 0 Å². The molecular weight excluding hydrogens is 156 g/mol. The topological polar surface area (TPSA) is 35.5 Å². The van der Waals surface area contributed by atoms with Gasteiger partial charge in [-0.25, -0.2) is 4.79 Å². The molecule has 0 heterocycles. The van der Waals surface area contributed by atoms with Crippen LogP contribution in [0.3, 0.4) is 0 Å². The van der Waals surface area contributed by atoms with E-state index >= 15 is 0 Å². The fraction of sp³-hybridized carbons (Fsp3) is 0.833. The number of hydrogen-bond donors (Lipinski definition) is 0. The third kappa shape index (κ3) is 7.72. The van der Waals surface area contributed by atoms with Gasteiger partial charge in [-0.05, 0) is 5.92 Å². The first-order chi connectivity index (χ1) is 4.63. The zero-order valence-electron chi connectivity index (χ0n) is 6.09. The molecule has 0 amide bonds. The van der Waals surface area contributed by atoms with E-state index in [4.69, 9.17) is 16.3 Å². The average molecular weight is 167 g/mol. The van der Waals surface area contributed by atoms with Crippen molar-refractivity contribution in [1.82, 2.24) is 0 Å². The van der Waals surface area contributed by atoms with Gasteiger partial charge >= 0.3 is 5.43 Å². The van der Waals surface area contributed by atoms with Gasteiger partial charge in [0.05, 0.1) is 6.61 Å². The molecule has 0 atom stereocenters. The number of rotatable bonds is 4. The fourth-order valence-electron chi connectivity index (χ4n) is 0.372. The zero-order chi connectivity index (χ0) is 7.98. The van der Waals surface area contributed by atoms with Crippen LogP contribution >= 0.6 is 11.6 Å². The second-order valence-electron chi connectivity index (χ2n) is 2.26. The lowest BCUT2D eigenvalue weighted by atomic mass is 10.2. The van der Waals surface area contributed by atoms with Crippen molar-refractivity contribution < 1.29 is 14.3 Å². The highest BCUT2D eigenvalue weighted by Crippen LogP contribution is 1.93. The van der Waals surface area contributed by atoms with Gasteiger partial charge in [-0.2, -0.15) is 0 Å². The van der Waals surface area contributed by atoms with Crippen LogP contribution in [0.5, 0.6) is 0 Å². The minimum atomic E-state index is -0.830. The first kappa shape index (κ1) is 9.72. The molecule has 0 aliphatic rings. The summed E-state index contributed by atoms with van der Waals surface area (Å²) < 4.78 is 9.17. The molecule has 0 aromatic carbocycles. The summed E-state index contributed by atoms with van der Waals surface area (Å²) in [5, 5.41) is 0. The van der Waals surface area contributed by atoms with E-state index in [0.717, 1.165) is 0 Å². The Morgan fingerprint density at radius 3 is 2.60 bits per heavy atom. The van der Waals surface area contributed by atoms with Crippen LogP contribution < -0.4 is 0 Å². The minimum Gasteiger partial charge on any atom is -0.426 e. The molecular formula is C6H11ClO3. The summed E-state index contributed by atoms with van der Waals surface area (Å²) >= 11 is 4.85. The predicted octanol–water partition coefficient (Wildman–Crippen LogP) is 1.99. The highest BCUT2D eigenvalue weighted by Gasteiger charge is 1.96. The van der Waals surface area contributed by atoms with Crippen molar-refractivity contribution in [1.29, 1.82) is 0 Å². The van der Waals surface area contributed by atoms with Crippen molar-refractivity contribution in [2.24, 2.45) is 5.92 Å². The summed E-state index contributed by atoms with van der Waals surface area (Å²) in [7, 11) is 0. The molecule has 0 aliphatic heterocycles. The van der Waals surface area contributed by atoms with E-state index in [0.29, 0.717) is 12.5 Å². The summed E-state index contributed by atoms with van der Waals surface area (Å²) in [4.78, 5) is 9.95. The highest BCUT2D eigenvalue weighted by molar-refractivity contribution is 6.61. The van der Waals surface area contributed by atoms with Crippen molar-refractivity contribution in [2.45, 2.75) is 13.8 Å². The van der Waals surface area contributed by atoms with Crippen LogP contribution in [0, 0.1) is 5.92 Å². The number of carbonyl (C=O) groups excluding carboxylic acids is 1. The van der Waals surface area contributed by atoms with Crippen LogP contribution in [0.4, 0.5) is 4.79 Å². The molecule has 60 valence electrons. The van der Waals surface area contributed by atoms with Gasteiger partial charge in [0, 0.05) is 11.6 Å². The molecule has 3 nitrogen and oxygen atoms in total. The van der Waals surface area contributed by atoms with Gasteiger partial charge in [0.2, 0.25) is 0 Å². The van der Waals surface area contributed by atoms with E-state index < -0.39 is 5.43 Å². The molecule has 0 aliphatic carbocycles. The Morgan fingerprint density at radius 1 is 1.60 bits per heavy atom. The Kier molecular flexibility index (Phi) is 5.35. The van der Waals surface area contributed by atoms with Gasteiger partial charge in [0.25, 0.3) is 0 Å². The van der Waals surface area contributed by atoms with Crippen LogP contribution in [0.1, 0.15) is 13.8 Å². The average Bonchev–Trinajstić information content (AvgIpc) is 1.79. The Labute approximate surface area is 65.3 Å². The Hall–Kier alpha value is -0.280. The molecule has 0 bridgehead atoms. The molecule has 0 rings (SSSR count). The second-order valence-corrected chi connectivity index (χ2v) is 2.57. The Balaban J connectivity index is 2.98. The Bertz CT molecular complexity index is 103. The molecule has 0 saturated carbocycles.